The van der Waals surface area contributed by atoms with Crippen LogP contribution < -0.4 is 5.32 Å². The number of halogens is 1. The summed E-state index contributed by atoms with van der Waals surface area (Å²) in [5.41, 5.74) is 1.45. The van der Waals surface area contributed by atoms with E-state index in [0.717, 1.165) is 18.2 Å². The van der Waals surface area contributed by atoms with Gasteiger partial charge >= 0.3 is 0 Å². The van der Waals surface area contributed by atoms with Crippen LogP contribution in [0.3, 0.4) is 0 Å². The van der Waals surface area contributed by atoms with Crippen molar-refractivity contribution in [1.82, 2.24) is 10.3 Å². The fourth-order valence-corrected chi connectivity index (χ4v) is 1.41. The topological polar surface area (TPSA) is 68.1 Å². The zero-order valence-electron chi connectivity index (χ0n) is 9.52. The maximum atomic E-state index is 10.5. The number of hydrogen-bond donors (Lipinski definition) is 1. The van der Waals surface area contributed by atoms with E-state index in [2.05, 4.69) is 10.3 Å². The number of nitrogens with zero attached hydrogens (tertiary/aromatic N) is 2. The SMILES string of the molecule is CCCN/C(=C\[N+](=O)[O-])Cc1ccc(Cl)nc1. The molecule has 1 rings (SSSR count). The van der Waals surface area contributed by atoms with Gasteiger partial charge in [0.05, 0.1) is 10.6 Å². The lowest BCUT2D eigenvalue weighted by molar-refractivity contribution is -0.403. The molecule has 0 aromatic carbocycles. The molecule has 92 valence electrons. The van der Waals surface area contributed by atoms with Gasteiger partial charge in [-0.2, -0.15) is 0 Å². The fraction of sp³-hybridized carbons (Fsp3) is 0.364. The summed E-state index contributed by atoms with van der Waals surface area (Å²) >= 11 is 5.67. The van der Waals surface area contributed by atoms with Crippen molar-refractivity contribution in [3.05, 3.63) is 51.1 Å². The van der Waals surface area contributed by atoms with Crippen molar-refractivity contribution >= 4 is 11.6 Å². The maximum absolute atomic E-state index is 10.5. The first-order valence-electron chi connectivity index (χ1n) is 5.30. The third-order valence-electron chi connectivity index (χ3n) is 2.05. The zero-order chi connectivity index (χ0) is 12.7. The van der Waals surface area contributed by atoms with Gasteiger partial charge in [-0.1, -0.05) is 24.6 Å². The molecule has 0 aliphatic carbocycles. The van der Waals surface area contributed by atoms with E-state index in [4.69, 9.17) is 11.6 Å². The Morgan fingerprint density at radius 1 is 1.65 bits per heavy atom. The molecule has 1 N–H and O–H groups in total. The van der Waals surface area contributed by atoms with Gasteiger partial charge in [0.1, 0.15) is 5.15 Å². The van der Waals surface area contributed by atoms with E-state index in [1.165, 1.54) is 0 Å². The van der Waals surface area contributed by atoms with Gasteiger partial charge in [0, 0.05) is 19.2 Å². The first kappa shape index (κ1) is 13.4. The lowest BCUT2D eigenvalue weighted by Gasteiger charge is -2.07. The molecule has 0 spiro atoms. The van der Waals surface area contributed by atoms with Crippen molar-refractivity contribution in [3.8, 4) is 0 Å². The molecular formula is C11H14ClN3O2. The molecule has 0 saturated carbocycles. The molecule has 0 saturated heterocycles. The number of nitrogens with one attached hydrogen (secondary N) is 1. The highest BCUT2D eigenvalue weighted by Gasteiger charge is 2.04. The van der Waals surface area contributed by atoms with Crippen LogP contribution in [0.2, 0.25) is 5.15 Å². The highest BCUT2D eigenvalue weighted by atomic mass is 35.5. The lowest BCUT2D eigenvalue weighted by Crippen LogP contribution is -2.17. The van der Waals surface area contributed by atoms with E-state index in [-0.39, 0.29) is 0 Å². The second-order valence-corrected chi connectivity index (χ2v) is 3.92. The summed E-state index contributed by atoms with van der Waals surface area (Å²) in [5.74, 6) is 0. The van der Waals surface area contributed by atoms with Crippen molar-refractivity contribution in [2.75, 3.05) is 6.54 Å². The predicted octanol–water partition coefficient (Wildman–Crippen LogP) is 2.40. The van der Waals surface area contributed by atoms with Crippen molar-refractivity contribution in [1.29, 1.82) is 0 Å². The van der Waals surface area contributed by atoms with E-state index in [1.807, 2.05) is 6.92 Å². The molecule has 0 amide bonds. The Morgan fingerprint density at radius 3 is 2.94 bits per heavy atom. The normalized spacial score (nSPS) is 11.3. The average Bonchev–Trinajstić information content (AvgIpc) is 2.28. The molecule has 0 radical (unpaired) electrons. The summed E-state index contributed by atoms with van der Waals surface area (Å²) in [5, 5.41) is 13.9. The van der Waals surface area contributed by atoms with E-state index in [1.54, 1.807) is 18.3 Å². The van der Waals surface area contributed by atoms with Crippen LogP contribution in [0, 0.1) is 10.1 Å². The minimum Gasteiger partial charge on any atom is -0.383 e. The molecule has 0 fully saturated rings. The quantitative estimate of drug-likeness (QED) is 0.481. The summed E-state index contributed by atoms with van der Waals surface area (Å²) in [6, 6.07) is 3.47. The van der Waals surface area contributed by atoms with Gasteiger partial charge in [0.25, 0.3) is 6.20 Å². The minimum absolute atomic E-state index is 0.412. The Bertz CT molecular complexity index is 404. The number of aromatic nitrogens is 1. The van der Waals surface area contributed by atoms with E-state index >= 15 is 0 Å². The molecule has 0 unspecified atom stereocenters. The third-order valence-corrected chi connectivity index (χ3v) is 2.27. The van der Waals surface area contributed by atoms with Crippen LogP contribution in [0.15, 0.2) is 30.2 Å². The second kappa shape index (κ2) is 6.85. The summed E-state index contributed by atoms with van der Waals surface area (Å²) in [4.78, 5) is 13.9. The van der Waals surface area contributed by atoms with Crippen molar-refractivity contribution in [2.45, 2.75) is 19.8 Å². The fourth-order valence-electron chi connectivity index (χ4n) is 1.30. The molecule has 6 heteroatoms. The Morgan fingerprint density at radius 2 is 2.41 bits per heavy atom. The monoisotopic (exact) mass is 255 g/mol. The number of pyridine rings is 1. The Balaban J connectivity index is 2.71. The Labute approximate surface area is 105 Å². The molecular weight excluding hydrogens is 242 g/mol. The van der Waals surface area contributed by atoms with Gasteiger partial charge in [0.15, 0.2) is 0 Å². The van der Waals surface area contributed by atoms with Gasteiger partial charge in [-0.15, -0.1) is 0 Å². The van der Waals surface area contributed by atoms with Crippen molar-refractivity contribution in [3.63, 3.8) is 0 Å². The van der Waals surface area contributed by atoms with Gasteiger partial charge in [-0.3, -0.25) is 10.1 Å². The number of allylic oxidation sites excluding steroid dienone is 1. The molecule has 1 aromatic rings. The van der Waals surface area contributed by atoms with Crippen LogP contribution in [-0.4, -0.2) is 16.5 Å². The first-order chi connectivity index (χ1) is 8.11. The minimum atomic E-state index is -0.457. The molecule has 0 aliphatic heterocycles. The van der Waals surface area contributed by atoms with Crippen LogP contribution >= 0.6 is 11.6 Å². The summed E-state index contributed by atoms with van der Waals surface area (Å²) in [7, 11) is 0. The molecule has 0 aliphatic rings. The molecule has 0 bridgehead atoms. The van der Waals surface area contributed by atoms with E-state index in [9.17, 15) is 10.1 Å². The molecule has 5 nitrogen and oxygen atoms in total. The largest absolute Gasteiger partial charge is 0.383 e. The standard InChI is InChI=1S/C11H14ClN3O2/c1-2-5-13-10(8-15(16)17)6-9-3-4-11(12)14-7-9/h3-4,7-8,13H,2,5-6H2,1H3/b10-8-. The van der Waals surface area contributed by atoms with Crippen LogP contribution in [0.1, 0.15) is 18.9 Å². The van der Waals surface area contributed by atoms with Gasteiger partial charge < -0.3 is 5.32 Å². The molecule has 17 heavy (non-hydrogen) atoms. The predicted molar refractivity (Wildman–Crippen MR) is 66.3 cm³/mol. The second-order valence-electron chi connectivity index (χ2n) is 3.53. The van der Waals surface area contributed by atoms with Crippen LogP contribution in [0.25, 0.3) is 0 Å². The highest BCUT2D eigenvalue weighted by Crippen LogP contribution is 2.09. The first-order valence-corrected chi connectivity index (χ1v) is 5.68. The highest BCUT2D eigenvalue weighted by molar-refractivity contribution is 6.29. The van der Waals surface area contributed by atoms with E-state index in [0.29, 0.717) is 23.8 Å². The summed E-state index contributed by atoms with van der Waals surface area (Å²) in [6.45, 7) is 2.71. The van der Waals surface area contributed by atoms with Crippen LogP contribution in [-0.2, 0) is 6.42 Å². The third kappa shape index (κ3) is 5.31. The average molecular weight is 256 g/mol. The van der Waals surface area contributed by atoms with Crippen molar-refractivity contribution in [2.24, 2.45) is 0 Å². The lowest BCUT2D eigenvalue weighted by atomic mass is 10.1. The van der Waals surface area contributed by atoms with Gasteiger partial charge in [-0.05, 0) is 18.1 Å². The molecule has 0 atom stereocenters. The zero-order valence-corrected chi connectivity index (χ0v) is 10.3. The molecule has 1 heterocycles. The van der Waals surface area contributed by atoms with Gasteiger partial charge in [0.2, 0.25) is 0 Å². The molecule has 1 aromatic heterocycles. The maximum Gasteiger partial charge on any atom is 0.253 e. The number of rotatable bonds is 6. The number of nitro groups is 1. The van der Waals surface area contributed by atoms with Crippen LogP contribution in [0.5, 0.6) is 0 Å². The Hall–Kier alpha value is -1.62. The van der Waals surface area contributed by atoms with Gasteiger partial charge in [-0.25, -0.2) is 4.98 Å². The summed E-state index contributed by atoms with van der Waals surface area (Å²) < 4.78 is 0. The van der Waals surface area contributed by atoms with E-state index < -0.39 is 4.92 Å². The van der Waals surface area contributed by atoms with Crippen LogP contribution in [0.4, 0.5) is 0 Å². The Kier molecular flexibility index (Phi) is 5.42. The van der Waals surface area contributed by atoms with Crippen molar-refractivity contribution < 1.29 is 4.92 Å². The number of hydrogen-bond acceptors (Lipinski definition) is 4. The summed E-state index contributed by atoms with van der Waals surface area (Å²) in [6.07, 6.45) is 3.97. The smallest absolute Gasteiger partial charge is 0.253 e.